The first-order valence-electron chi connectivity index (χ1n) is 4.89. The maximum Gasteiger partial charge on any atom is 0.276 e. The molecule has 0 aliphatic heterocycles. The minimum atomic E-state index is -0.358. The Morgan fingerprint density at radius 1 is 1.56 bits per heavy atom. The standard InChI is InChI=1S/C10H9BrClN5O/c1-17-8(7(13)4-15-17)10(18)16-5-2-6(11)9(12)14-3-5/h2-4H,13H2,1H3,(H,16,18). The van der Waals surface area contributed by atoms with Gasteiger partial charge in [0.1, 0.15) is 10.8 Å². The van der Waals surface area contributed by atoms with Gasteiger partial charge in [0.25, 0.3) is 5.91 Å². The molecule has 0 saturated heterocycles. The van der Waals surface area contributed by atoms with E-state index in [0.717, 1.165) is 0 Å². The molecule has 0 aromatic carbocycles. The van der Waals surface area contributed by atoms with Gasteiger partial charge in [-0.05, 0) is 22.0 Å². The summed E-state index contributed by atoms with van der Waals surface area (Å²) in [5, 5.41) is 6.89. The number of hydrogen-bond donors (Lipinski definition) is 2. The van der Waals surface area contributed by atoms with Gasteiger partial charge in [-0.3, -0.25) is 9.48 Å². The van der Waals surface area contributed by atoms with Gasteiger partial charge in [0.2, 0.25) is 0 Å². The Hall–Kier alpha value is -1.60. The zero-order chi connectivity index (χ0) is 13.3. The Morgan fingerprint density at radius 2 is 2.28 bits per heavy atom. The van der Waals surface area contributed by atoms with Crippen LogP contribution in [0.4, 0.5) is 11.4 Å². The van der Waals surface area contributed by atoms with Crippen molar-refractivity contribution < 1.29 is 4.79 Å². The molecule has 2 heterocycles. The molecule has 0 fully saturated rings. The van der Waals surface area contributed by atoms with Gasteiger partial charge in [-0.25, -0.2) is 4.98 Å². The van der Waals surface area contributed by atoms with Crippen molar-refractivity contribution in [2.75, 3.05) is 11.1 Å². The van der Waals surface area contributed by atoms with Gasteiger partial charge >= 0.3 is 0 Å². The average molecular weight is 331 g/mol. The minimum absolute atomic E-state index is 0.293. The molecule has 2 aromatic heterocycles. The summed E-state index contributed by atoms with van der Waals surface area (Å²) in [6, 6.07) is 1.65. The number of nitrogens with one attached hydrogen (secondary N) is 1. The van der Waals surface area contributed by atoms with E-state index in [1.807, 2.05) is 0 Å². The van der Waals surface area contributed by atoms with Crippen LogP contribution in [-0.4, -0.2) is 20.7 Å². The van der Waals surface area contributed by atoms with Gasteiger partial charge in [-0.1, -0.05) is 11.6 Å². The van der Waals surface area contributed by atoms with E-state index >= 15 is 0 Å². The van der Waals surface area contributed by atoms with Gasteiger partial charge in [0.05, 0.1) is 28.2 Å². The highest BCUT2D eigenvalue weighted by atomic mass is 79.9. The zero-order valence-corrected chi connectivity index (χ0v) is 11.7. The third kappa shape index (κ3) is 2.46. The van der Waals surface area contributed by atoms with Gasteiger partial charge < -0.3 is 11.1 Å². The zero-order valence-electron chi connectivity index (χ0n) is 9.32. The normalized spacial score (nSPS) is 10.4. The summed E-state index contributed by atoms with van der Waals surface area (Å²) in [6.45, 7) is 0. The van der Waals surface area contributed by atoms with Gasteiger partial charge in [-0.2, -0.15) is 5.10 Å². The Bertz CT molecular complexity index is 593. The monoisotopic (exact) mass is 329 g/mol. The predicted molar refractivity (Wildman–Crippen MR) is 72.5 cm³/mol. The van der Waals surface area contributed by atoms with Crippen LogP contribution in [0.5, 0.6) is 0 Å². The molecule has 18 heavy (non-hydrogen) atoms. The van der Waals surface area contributed by atoms with E-state index in [-0.39, 0.29) is 5.91 Å². The van der Waals surface area contributed by atoms with Crippen LogP contribution in [0, 0.1) is 0 Å². The molecule has 0 bridgehead atoms. The second kappa shape index (κ2) is 4.95. The summed E-state index contributed by atoms with van der Waals surface area (Å²) in [5.74, 6) is -0.358. The lowest BCUT2D eigenvalue weighted by molar-refractivity contribution is 0.101. The molecule has 6 nitrogen and oxygen atoms in total. The predicted octanol–water partition coefficient (Wildman–Crippen LogP) is 2.07. The summed E-state index contributed by atoms with van der Waals surface area (Å²) in [4.78, 5) is 15.9. The molecule has 0 aliphatic carbocycles. The average Bonchev–Trinajstić information content (AvgIpc) is 2.64. The van der Waals surface area contributed by atoms with Crippen molar-refractivity contribution in [2.24, 2.45) is 7.05 Å². The molecule has 0 aliphatic rings. The number of hydrogen-bond acceptors (Lipinski definition) is 4. The number of halogens is 2. The van der Waals surface area contributed by atoms with E-state index in [0.29, 0.717) is 26.7 Å². The van der Waals surface area contributed by atoms with Crippen molar-refractivity contribution in [3.63, 3.8) is 0 Å². The van der Waals surface area contributed by atoms with Gasteiger partial charge in [-0.15, -0.1) is 0 Å². The van der Waals surface area contributed by atoms with Gasteiger partial charge in [0.15, 0.2) is 0 Å². The molecule has 2 rings (SSSR count). The lowest BCUT2D eigenvalue weighted by atomic mass is 10.3. The quantitative estimate of drug-likeness (QED) is 0.825. The molecule has 2 aromatic rings. The number of aromatic nitrogens is 3. The van der Waals surface area contributed by atoms with Crippen LogP contribution < -0.4 is 11.1 Å². The van der Waals surface area contributed by atoms with E-state index in [1.165, 1.54) is 17.1 Å². The fraction of sp³-hybridized carbons (Fsp3) is 0.100. The van der Waals surface area contributed by atoms with E-state index < -0.39 is 0 Å². The Balaban J connectivity index is 2.24. The first kappa shape index (κ1) is 12.8. The molecule has 8 heteroatoms. The molecule has 0 saturated carbocycles. The maximum absolute atomic E-state index is 12.0. The first-order chi connectivity index (χ1) is 8.49. The summed E-state index contributed by atoms with van der Waals surface area (Å²) in [7, 11) is 1.64. The fourth-order valence-corrected chi connectivity index (χ4v) is 1.86. The molecule has 94 valence electrons. The molecule has 1 amide bonds. The summed E-state index contributed by atoms with van der Waals surface area (Å²) >= 11 is 8.99. The topological polar surface area (TPSA) is 85.8 Å². The minimum Gasteiger partial charge on any atom is -0.396 e. The van der Waals surface area contributed by atoms with Gasteiger partial charge in [0, 0.05) is 7.05 Å². The first-order valence-corrected chi connectivity index (χ1v) is 6.06. The van der Waals surface area contributed by atoms with Crippen LogP contribution in [0.25, 0.3) is 0 Å². The third-order valence-corrected chi connectivity index (χ3v) is 3.37. The summed E-state index contributed by atoms with van der Waals surface area (Å²) < 4.78 is 2.00. The van der Waals surface area contributed by atoms with Crippen LogP contribution in [0.15, 0.2) is 22.9 Å². The van der Waals surface area contributed by atoms with Crippen molar-refractivity contribution in [3.8, 4) is 0 Å². The number of nitrogens with zero attached hydrogens (tertiary/aromatic N) is 3. The Kier molecular flexibility index (Phi) is 3.53. The molecular formula is C10H9BrClN5O. The smallest absolute Gasteiger partial charge is 0.276 e. The highest BCUT2D eigenvalue weighted by molar-refractivity contribution is 9.10. The number of pyridine rings is 1. The molecule has 0 spiro atoms. The summed E-state index contributed by atoms with van der Waals surface area (Å²) in [6.07, 6.45) is 2.88. The molecule has 0 radical (unpaired) electrons. The van der Waals surface area contributed by atoms with Crippen LogP contribution >= 0.6 is 27.5 Å². The Morgan fingerprint density at radius 3 is 2.83 bits per heavy atom. The SMILES string of the molecule is Cn1ncc(N)c1C(=O)Nc1cnc(Cl)c(Br)c1. The maximum atomic E-state index is 12.0. The number of anilines is 2. The lowest BCUT2D eigenvalue weighted by Gasteiger charge is -2.06. The molecular weight excluding hydrogens is 322 g/mol. The van der Waals surface area contributed by atoms with Crippen LogP contribution in [0.3, 0.4) is 0 Å². The van der Waals surface area contributed by atoms with E-state index in [1.54, 1.807) is 13.1 Å². The Labute approximate surface area is 116 Å². The molecule has 0 atom stereocenters. The van der Waals surface area contributed by atoms with Crippen molar-refractivity contribution >= 4 is 44.8 Å². The fourth-order valence-electron chi connectivity index (χ4n) is 1.41. The van der Waals surface area contributed by atoms with Crippen molar-refractivity contribution in [1.82, 2.24) is 14.8 Å². The van der Waals surface area contributed by atoms with Crippen molar-refractivity contribution in [1.29, 1.82) is 0 Å². The number of aryl methyl sites for hydroxylation is 1. The third-order valence-electron chi connectivity index (χ3n) is 2.24. The van der Waals surface area contributed by atoms with E-state index in [2.05, 4.69) is 31.3 Å². The van der Waals surface area contributed by atoms with Crippen LogP contribution in [0.1, 0.15) is 10.5 Å². The number of rotatable bonds is 2. The number of carbonyl (C=O) groups excluding carboxylic acids is 1. The highest BCUT2D eigenvalue weighted by Crippen LogP contribution is 2.23. The number of carbonyl (C=O) groups is 1. The number of amides is 1. The van der Waals surface area contributed by atoms with Crippen molar-refractivity contribution in [2.45, 2.75) is 0 Å². The number of nitrogens with two attached hydrogens (primary N) is 1. The lowest BCUT2D eigenvalue weighted by Crippen LogP contribution is -2.17. The van der Waals surface area contributed by atoms with E-state index in [4.69, 9.17) is 17.3 Å². The highest BCUT2D eigenvalue weighted by Gasteiger charge is 2.15. The van der Waals surface area contributed by atoms with Crippen LogP contribution in [0.2, 0.25) is 5.15 Å². The van der Waals surface area contributed by atoms with Crippen molar-refractivity contribution in [3.05, 3.63) is 33.8 Å². The van der Waals surface area contributed by atoms with Crippen LogP contribution in [-0.2, 0) is 7.05 Å². The summed E-state index contributed by atoms with van der Waals surface area (Å²) in [5.41, 5.74) is 6.78. The molecule has 3 N–H and O–H groups in total. The molecule has 0 unspecified atom stereocenters. The second-order valence-corrected chi connectivity index (χ2v) is 4.74. The second-order valence-electron chi connectivity index (χ2n) is 3.52. The largest absolute Gasteiger partial charge is 0.396 e. The number of nitrogen functional groups attached to an aromatic ring is 1. The van der Waals surface area contributed by atoms with E-state index in [9.17, 15) is 4.79 Å².